The number of esters is 2. The van der Waals surface area contributed by atoms with Crippen molar-refractivity contribution in [2.24, 2.45) is 11.7 Å². The SMILES string of the molecule is CC1=C(C(=O)OC(C)C)C(c2cccc([N+](=O)[O-])c2)C(C(=O)OC2CN(C(c3ccccc3)C3C=CC(F)(F)C=C3)C2)=C(N)N1. The van der Waals surface area contributed by atoms with Gasteiger partial charge in [-0.3, -0.25) is 15.0 Å². The van der Waals surface area contributed by atoms with Gasteiger partial charge in [-0.2, -0.15) is 8.78 Å². The Morgan fingerprint density at radius 3 is 2.33 bits per heavy atom. The molecule has 2 heterocycles. The Hall–Kier alpha value is -4.84. The number of carbonyl (C=O) groups is 2. The molecule has 2 aromatic carbocycles. The van der Waals surface area contributed by atoms with Gasteiger partial charge >= 0.3 is 11.9 Å². The number of likely N-dealkylation sites (tertiary alicyclic amines) is 1. The van der Waals surface area contributed by atoms with Crippen LogP contribution in [0.15, 0.2) is 102 Å². The molecule has 1 saturated heterocycles. The van der Waals surface area contributed by atoms with Crippen molar-refractivity contribution in [1.29, 1.82) is 0 Å². The summed E-state index contributed by atoms with van der Waals surface area (Å²) in [5.41, 5.74) is 7.67. The highest BCUT2D eigenvalue weighted by Gasteiger charge is 2.43. The molecule has 3 aliphatic rings. The lowest BCUT2D eigenvalue weighted by Crippen LogP contribution is -2.55. The van der Waals surface area contributed by atoms with Crippen LogP contribution in [0.3, 0.4) is 0 Å². The first-order valence-corrected chi connectivity index (χ1v) is 14.5. The number of benzene rings is 2. The number of dihydropyridines is 1. The second-order valence-electron chi connectivity index (χ2n) is 11.5. The third-order valence-corrected chi connectivity index (χ3v) is 7.92. The zero-order valence-electron chi connectivity index (χ0n) is 25.0. The third kappa shape index (κ3) is 6.80. The van der Waals surface area contributed by atoms with E-state index in [0.29, 0.717) is 24.4 Å². The summed E-state index contributed by atoms with van der Waals surface area (Å²) in [6.45, 7) is 5.61. The van der Waals surface area contributed by atoms with E-state index < -0.39 is 40.9 Å². The van der Waals surface area contributed by atoms with Crippen molar-refractivity contribution in [3.8, 4) is 0 Å². The van der Waals surface area contributed by atoms with E-state index in [-0.39, 0.29) is 34.6 Å². The molecule has 5 rings (SSSR count). The Bertz CT molecular complexity index is 1600. The van der Waals surface area contributed by atoms with Gasteiger partial charge in [-0.25, -0.2) is 9.59 Å². The quantitative estimate of drug-likeness (QED) is 0.171. The summed E-state index contributed by atoms with van der Waals surface area (Å²) in [4.78, 5) is 40.1. The molecule has 10 nitrogen and oxygen atoms in total. The predicted octanol–water partition coefficient (Wildman–Crippen LogP) is 5.02. The molecule has 0 saturated carbocycles. The van der Waals surface area contributed by atoms with E-state index in [4.69, 9.17) is 15.2 Å². The lowest BCUT2D eigenvalue weighted by Gasteiger charge is -2.46. The molecule has 1 fully saturated rings. The number of rotatable bonds is 9. The van der Waals surface area contributed by atoms with E-state index in [1.807, 2.05) is 35.2 Å². The zero-order chi connectivity index (χ0) is 32.5. The first kappa shape index (κ1) is 31.6. The summed E-state index contributed by atoms with van der Waals surface area (Å²) in [6, 6.07) is 14.8. The number of non-ortho nitro benzene ring substituents is 1. The lowest BCUT2D eigenvalue weighted by molar-refractivity contribution is -0.384. The smallest absolute Gasteiger partial charge is 0.339 e. The summed E-state index contributed by atoms with van der Waals surface area (Å²) < 4.78 is 39.0. The van der Waals surface area contributed by atoms with Crippen molar-refractivity contribution in [3.63, 3.8) is 0 Å². The number of nitrogens with zero attached hydrogens (tertiary/aromatic N) is 2. The van der Waals surface area contributed by atoms with Gasteiger partial charge in [0.15, 0.2) is 0 Å². The molecular weight excluding hydrogens is 586 g/mol. The second-order valence-corrected chi connectivity index (χ2v) is 11.5. The molecule has 2 unspecified atom stereocenters. The van der Waals surface area contributed by atoms with Crippen LogP contribution < -0.4 is 11.1 Å². The number of alkyl halides is 2. The Labute approximate surface area is 259 Å². The maximum absolute atomic E-state index is 13.8. The molecule has 12 heteroatoms. The fraction of sp³-hybridized carbons (Fsp3) is 0.333. The number of carbonyl (C=O) groups excluding carboxylic acids is 2. The number of allylic oxidation sites excluding steroid dienone is 3. The number of nitrogens with one attached hydrogen (secondary N) is 1. The van der Waals surface area contributed by atoms with E-state index in [0.717, 1.165) is 17.7 Å². The first-order valence-electron chi connectivity index (χ1n) is 14.5. The normalized spacial score (nSPS) is 20.9. The molecule has 2 aliphatic heterocycles. The number of ether oxygens (including phenoxy) is 2. The summed E-state index contributed by atoms with van der Waals surface area (Å²) in [7, 11) is 0. The Kier molecular flexibility index (Phi) is 8.87. The standard InChI is InChI=1S/C33H34F2N4O6/c1-19(2)44-31(40)26-20(3)37-30(36)28(27(26)23-10-7-11-24(16-23)39(42)43)32(41)45-25-17-38(18-25)29(21-8-5-4-6-9-21)22-12-14-33(34,35)15-13-22/h4-16,19,22,25,27,29,37H,17-18,36H2,1-3H3. The van der Waals surface area contributed by atoms with Gasteiger partial charge in [-0.05, 0) is 44.1 Å². The first-order chi connectivity index (χ1) is 21.3. The van der Waals surface area contributed by atoms with Crippen LogP contribution in [-0.4, -0.2) is 53.0 Å². The third-order valence-electron chi connectivity index (χ3n) is 7.92. The number of halogens is 2. The van der Waals surface area contributed by atoms with Crippen molar-refractivity contribution in [2.45, 2.75) is 50.9 Å². The van der Waals surface area contributed by atoms with E-state index in [2.05, 4.69) is 5.32 Å². The number of nitrogens with two attached hydrogens (primary N) is 1. The minimum Gasteiger partial charge on any atom is -0.460 e. The summed E-state index contributed by atoms with van der Waals surface area (Å²) in [5.74, 6) is -5.98. The summed E-state index contributed by atoms with van der Waals surface area (Å²) >= 11 is 0. The van der Waals surface area contributed by atoms with Gasteiger partial charge in [0.05, 0.1) is 28.1 Å². The van der Waals surface area contributed by atoms with Crippen LogP contribution in [0.2, 0.25) is 0 Å². The number of nitro groups is 1. The van der Waals surface area contributed by atoms with Crippen LogP contribution in [0.1, 0.15) is 43.9 Å². The van der Waals surface area contributed by atoms with Gasteiger partial charge in [0.1, 0.15) is 11.9 Å². The van der Waals surface area contributed by atoms with Crippen LogP contribution in [0, 0.1) is 16.0 Å². The fourth-order valence-corrected chi connectivity index (χ4v) is 5.90. The maximum Gasteiger partial charge on any atom is 0.339 e. The summed E-state index contributed by atoms with van der Waals surface area (Å²) in [5, 5.41) is 14.5. The number of hydrogen-bond donors (Lipinski definition) is 2. The highest BCUT2D eigenvalue weighted by molar-refractivity contribution is 6.00. The molecule has 3 N–H and O–H groups in total. The molecule has 236 valence electrons. The van der Waals surface area contributed by atoms with Crippen LogP contribution in [0.5, 0.6) is 0 Å². The van der Waals surface area contributed by atoms with Crippen molar-refractivity contribution in [3.05, 3.63) is 123 Å². The van der Waals surface area contributed by atoms with E-state index in [1.165, 1.54) is 30.4 Å². The molecule has 2 aromatic rings. The van der Waals surface area contributed by atoms with Crippen LogP contribution in [-0.2, 0) is 19.1 Å². The van der Waals surface area contributed by atoms with Gasteiger partial charge in [-0.15, -0.1) is 0 Å². The van der Waals surface area contributed by atoms with Gasteiger partial charge in [0.2, 0.25) is 0 Å². The van der Waals surface area contributed by atoms with Crippen molar-refractivity contribution in [1.82, 2.24) is 10.2 Å². The average molecular weight is 621 g/mol. The highest BCUT2D eigenvalue weighted by atomic mass is 19.3. The molecular formula is C33H34F2N4O6. The van der Waals surface area contributed by atoms with Crippen molar-refractivity contribution < 1.29 is 32.8 Å². The zero-order valence-corrected chi connectivity index (χ0v) is 25.0. The molecule has 45 heavy (non-hydrogen) atoms. The monoisotopic (exact) mass is 620 g/mol. The van der Waals surface area contributed by atoms with Crippen LogP contribution in [0.4, 0.5) is 14.5 Å². The maximum atomic E-state index is 13.8. The Balaban J connectivity index is 1.40. The average Bonchev–Trinajstić information content (AvgIpc) is 2.96. The Morgan fingerprint density at radius 1 is 1.04 bits per heavy atom. The molecule has 0 aromatic heterocycles. The van der Waals surface area contributed by atoms with Gasteiger partial charge in [-0.1, -0.05) is 54.6 Å². The number of hydrogen-bond acceptors (Lipinski definition) is 9. The van der Waals surface area contributed by atoms with Gasteiger partial charge in [0.25, 0.3) is 11.6 Å². The van der Waals surface area contributed by atoms with Gasteiger partial charge < -0.3 is 20.5 Å². The topological polar surface area (TPSA) is 137 Å². The minimum absolute atomic E-state index is 0.0492. The molecule has 0 bridgehead atoms. The molecule has 2 atom stereocenters. The minimum atomic E-state index is -3.00. The summed E-state index contributed by atoms with van der Waals surface area (Å²) in [6.07, 6.45) is 3.73. The van der Waals surface area contributed by atoms with Crippen LogP contribution >= 0.6 is 0 Å². The molecule has 1 aliphatic carbocycles. The molecule has 0 radical (unpaired) electrons. The molecule has 0 spiro atoms. The van der Waals surface area contributed by atoms with Crippen molar-refractivity contribution >= 4 is 17.6 Å². The second kappa shape index (κ2) is 12.6. The number of nitro benzene ring substituents is 1. The van der Waals surface area contributed by atoms with E-state index in [9.17, 15) is 28.5 Å². The molecule has 0 amide bonds. The Morgan fingerprint density at radius 2 is 1.71 bits per heavy atom. The van der Waals surface area contributed by atoms with Crippen molar-refractivity contribution in [2.75, 3.05) is 13.1 Å². The predicted molar refractivity (Wildman–Crippen MR) is 161 cm³/mol. The highest BCUT2D eigenvalue weighted by Crippen LogP contribution is 2.41. The van der Waals surface area contributed by atoms with E-state index >= 15 is 0 Å². The van der Waals surface area contributed by atoms with Gasteiger partial charge in [0, 0.05) is 42.9 Å². The largest absolute Gasteiger partial charge is 0.460 e. The lowest BCUT2D eigenvalue weighted by atomic mass is 9.81. The van der Waals surface area contributed by atoms with E-state index in [1.54, 1.807) is 26.8 Å². The van der Waals surface area contributed by atoms with Crippen LogP contribution in [0.25, 0.3) is 0 Å². The fourth-order valence-electron chi connectivity index (χ4n) is 5.90.